The van der Waals surface area contributed by atoms with Crippen LogP contribution in [0.5, 0.6) is 0 Å². The van der Waals surface area contributed by atoms with E-state index in [0.29, 0.717) is 6.54 Å². The molecule has 0 radical (unpaired) electrons. The fourth-order valence-electron chi connectivity index (χ4n) is 3.11. The standard InChI is InChI=1S/C18H22N2OS/c1-19(13-15-7-3-2-4-8-15)14-18(21)20-11-5-9-16(20)17-10-6-12-22-17/h2-4,6-8,10,12,16H,5,9,11,13-14H2,1H3. The molecule has 2 heterocycles. The minimum Gasteiger partial charge on any atom is -0.334 e. The summed E-state index contributed by atoms with van der Waals surface area (Å²) in [6.45, 7) is 2.18. The zero-order valence-corrected chi connectivity index (χ0v) is 13.8. The third-order valence-electron chi connectivity index (χ3n) is 4.15. The molecule has 116 valence electrons. The van der Waals surface area contributed by atoms with Gasteiger partial charge in [0, 0.05) is 18.0 Å². The Labute approximate surface area is 136 Å². The van der Waals surface area contributed by atoms with Gasteiger partial charge >= 0.3 is 0 Å². The molecule has 0 bridgehead atoms. The monoisotopic (exact) mass is 314 g/mol. The van der Waals surface area contributed by atoms with Gasteiger partial charge in [-0.3, -0.25) is 9.69 Å². The van der Waals surface area contributed by atoms with E-state index in [-0.39, 0.29) is 11.9 Å². The van der Waals surface area contributed by atoms with Crippen LogP contribution in [0.3, 0.4) is 0 Å². The molecule has 0 N–H and O–H groups in total. The molecule has 1 aromatic heterocycles. The van der Waals surface area contributed by atoms with Crippen molar-refractivity contribution in [2.24, 2.45) is 0 Å². The van der Waals surface area contributed by atoms with E-state index < -0.39 is 0 Å². The molecule has 1 saturated heterocycles. The lowest BCUT2D eigenvalue weighted by atomic mass is 10.2. The molecule has 2 aromatic rings. The van der Waals surface area contributed by atoms with Crippen LogP contribution in [0.1, 0.15) is 29.3 Å². The maximum Gasteiger partial charge on any atom is 0.237 e. The molecular formula is C18H22N2OS. The summed E-state index contributed by atoms with van der Waals surface area (Å²) in [5.41, 5.74) is 1.24. The van der Waals surface area contributed by atoms with E-state index >= 15 is 0 Å². The maximum absolute atomic E-state index is 12.6. The second kappa shape index (κ2) is 7.07. The predicted molar refractivity (Wildman–Crippen MR) is 90.8 cm³/mol. The minimum atomic E-state index is 0.245. The van der Waals surface area contributed by atoms with Crippen molar-refractivity contribution >= 4 is 17.2 Å². The van der Waals surface area contributed by atoms with Crippen molar-refractivity contribution in [3.8, 4) is 0 Å². The fourth-order valence-corrected chi connectivity index (χ4v) is 3.99. The van der Waals surface area contributed by atoms with Gasteiger partial charge in [0.05, 0.1) is 12.6 Å². The first-order valence-corrected chi connectivity index (χ1v) is 8.67. The Balaban J connectivity index is 1.59. The summed E-state index contributed by atoms with van der Waals surface area (Å²) < 4.78 is 0. The van der Waals surface area contributed by atoms with Crippen molar-refractivity contribution in [1.82, 2.24) is 9.80 Å². The molecule has 1 unspecified atom stereocenters. The summed E-state index contributed by atoms with van der Waals surface area (Å²) in [6, 6.07) is 14.8. The lowest BCUT2D eigenvalue weighted by Gasteiger charge is -2.26. The number of carbonyl (C=O) groups excluding carboxylic acids is 1. The van der Waals surface area contributed by atoms with Crippen LogP contribution in [0.2, 0.25) is 0 Å². The number of amides is 1. The first-order chi connectivity index (χ1) is 10.7. The molecule has 0 aliphatic carbocycles. The highest BCUT2D eigenvalue weighted by Gasteiger charge is 2.30. The Morgan fingerprint density at radius 1 is 1.27 bits per heavy atom. The molecule has 1 aliphatic heterocycles. The van der Waals surface area contributed by atoms with Gasteiger partial charge in [-0.1, -0.05) is 36.4 Å². The number of rotatable bonds is 5. The Kier molecular flexibility index (Phi) is 4.90. The van der Waals surface area contributed by atoms with Crippen LogP contribution in [0, 0.1) is 0 Å². The van der Waals surface area contributed by atoms with E-state index in [4.69, 9.17) is 0 Å². The summed E-state index contributed by atoms with van der Waals surface area (Å²) in [6.07, 6.45) is 2.20. The Morgan fingerprint density at radius 3 is 2.82 bits per heavy atom. The Morgan fingerprint density at radius 2 is 2.09 bits per heavy atom. The van der Waals surface area contributed by atoms with E-state index in [1.165, 1.54) is 10.4 Å². The summed E-state index contributed by atoms with van der Waals surface area (Å²) in [5, 5.41) is 2.10. The number of thiophene rings is 1. The molecule has 22 heavy (non-hydrogen) atoms. The molecule has 1 fully saturated rings. The third kappa shape index (κ3) is 3.57. The van der Waals surface area contributed by atoms with Crippen LogP contribution in [-0.2, 0) is 11.3 Å². The van der Waals surface area contributed by atoms with Gasteiger partial charge in [-0.2, -0.15) is 0 Å². The van der Waals surface area contributed by atoms with E-state index in [2.05, 4.69) is 39.4 Å². The molecule has 1 amide bonds. The zero-order valence-electron chi connectivity index (χ0n) is 12.9. The van der Waals surface area contributed by atoms with Crippen LogP contribution in [0.25, 0.3) is 0 Å². The predicted octanol–water partition coefficient (Wildman–Crippen LogP) is 3.54. The molecular weight excluding hydrogens is 292 g/mol. The number of benzene rings is 1. The molecule has 1 aliphatic rings. The van der Waals surface area contributed by atoms with Gasteiger partial charge in [-0.25, -0.2) is 0 Å². The van der Waals surface area contributed by atoms with Crippen LogP contribution in [0.4, 0.5) is 0 Å². The highest BCUT2D eigenvalue weighted by atomic mass is 32.1. The lowest BCUT2D eigenvalue weighted by Crippen LogP contribution is -2.38. The van der Waals surface area contributed by atoms with Gasteiger partial charge < -0.3 is 4.90 Å². The van der Waals surface area contributed by atoms with E-state index in [9.17, 15) is 4.79 Å². The summed E-state index contributed by atoms with van der Waals surface area (Å²) in [4.78, 5) is 18.1. The Bertz CT molecular complexity index is 597. The third-order valence-corrected chi connectivity index (χ3v) is 5.12. The lowest BCUT2D eigenvalue weighted by molar-refractivity contribution is -0.133. The second-order valence-electron chi connectivity index (χ2n) is 5.92. The number of hydrogen-bond acceptors (Lipinski definition) is 3. The van der Waals surface area contributed by atoms with Crippen molar-refractivity contribution in [2.75, 3.05) is 20.1 Å². The molecule has 1 atom stereocenters. The maximum atomic E-state index is 12.6. The van der Waals surface area contributed by atoms with Crippen LogP contribution in [-0.4, -0.2) is 35.8 Å². The van der Waals surface area contributed by atoms with Crippen molar-refractivity contribution in [3.63, 3.8) is 0 Å². The molecule has 4 heteroatoms. The largest absolute Gasteiger partial charge is 0.334 e. The second-order valence-corrected chi connectivity index (χ2v) is 6.90. The summed E-state index contributed by atoms with van der Waals surface area (Å²) >= 11 is 1.76. The number of hydrogen-bond donors (Lipinski definition) is 0. The fraction of sp³-hybridized carbons (Fsp3) is 0.389. The minimum absolute atomic E-state index is 0.245. The van der Waals surface area contributed by atoms with Gasteiger partial charge in [0.2, 0.25) is 5.91 Å². The molecule has 3 rings (SSSR count). The van der Waals surface area contributed by atoms with Crippen molar-refractivity contribution < 1.29 is 4.79 Å². The van der Waals surface area contributed by atoms with Crippen LogP contribution < -0.4 is 0 Å². The van der Waals surface area contributed by atoms with Gasteiger partial charge in [0.1, 0.15) is 0 Å². The van der Waals surface area contributed by atoms with Crippen LogP contribution in [0.15, 0.2) is 47.8 Å². The zero-order chi connectivity index (χ0) is 15.4. The summed E-state index contributed by atoms with van der Waals surface area (Å²) in [5.74, 6) is 0.245. The SMILES string of the molecule is CN(CC(=O)N1CCCC1c1cccs1)Cc1ccccc1. The first kappa shape index (κ1) is 15.3. The highest BCUT2D eigenvalue weighted by Crippen LogP contribution is 2.34. The van der Waals surface area contributed by atoms with Crippen molar-refractivity contribution in [2.45, 2.75) is 25.4 Å². The highest BCUT2D eigenvalue weighted by molar-refractivity contribution is 7.10. The molecule has 0 saturated carbocycles. The van der Waals surface area contributed by atoms with Crippen LogP contribution >= 0.6 is 11.3 Å². The number of likely N-dealkylation sites (tertiary alicyclic amines) is 1. The summed E-state index contributed by atoms with van der Waals surface area (Å²) in [7, 11) is 2.02. The normalized spacial score (nSPS) is 18.1. The van der Waals surface area contributed by atoms with Crippen molar-refractivity contribution in [1.29, 1.82) is 0 Å². The quantitative estimate of drug-likeness (QED) is 0.843. The number of nitrogens with zero attached hydrogens (tertiary/aromatic N) is 2. The van der Waals surface area contributed by atoms with Gasteiger partial charge in [-0.15, -0.1) is 11.3 Å². The first-order valence-electron chi connectivity index (χ1n) is 7.79. The smallest absolute Gasteiger partial charge is 0.237 e. The van der Waals surface area contributed by atoms with Gasteiger partial charge in [0.15, 0.2) is 0 Å². The average Bonchev–Trinajstić information content (AvgIpc) is 3.19. The topological polar surface area (TPSA) is 23.6 Å². The Hall–Kier alpha value is -1.65. The van der Waals surface area contributed by atoms with Gasteiger partial charge in [-0.05, 0) is 36.9 Å². The molecule has 3 nitrogen and oxygen atoms in total. The van der Waals surface area contributed by atoms with E-state index in [1.807, 2.05) is 25.2 Å². The molecule has 1 aromatic carbocycles. The van der Waals surface area contributed by atoms with E-state index in [1.54, 1.807) is 11.3 Å². The van der Waals surface area contributed by atoms with Gasteiger partial charge in [0.25, 0.3) is 0 Å². The average molecular weight is 314 g/mol. The number of likely N-dealkylation sites (N-methyl/N-ethyl adjacent to an activating group) is 1. The van der Waals surface area contributed by atoms with E-state index in [0.717, 1.165) is 25.9 Å². The number of carbonyl (C=O) groups is 1. The molecule has 0 spiro atoms. The van der Waals surface area contributed by atoms with Crippen molar-refractivity contribution in [3.05, 3.63) is 58.3 Å².